The monoisotopic (exact) mass is 463 g/mol. The first kappa shape index (κ1) is 21.7. The number of benzene rings is 3. The number of amides is 2. The molecule has 0 bridgehead atoms. The minimum absolute atomic E-state index is 0.159. The van der Waals surface area contributed by atoms with Crippen molar-refractivity contribution in [3.63, 3.8) is 0 Å². The molecule has 1 aliphatic rings. The van der Waals surface area contributed by atoms with Gasteiger partial charge in [-0.1, -0.05) is 60.1 Å². The Hall–Kier alpha value is -3.55. The summed E-state index contributed by atoms with van der Waals surface area (Å²) in [6.07, 6.45) is 1.71. The molecular formula is C24H18ClN3O3S. The maximum atomic E-state index is 12.4. The number of para-hydroxylation sites is 3. The first-order chi connectivity index (χ1) is 15.6. The Morgan fingerprint density at radius 3 is 2.56 bits per heavy atom. The molecule has 1 heterocycles. The smallest absolute Gasteiger partial charge is 0.264 e. The maximum Gasteiger partial charge on any atom is 0.264 e. The molecule has 1 aliphatic heterocycles. The quantitative estimate of drug-likeness (QED) is 0.489. The van der Waals surface area contributed by atoms with Gasteiger partial charge in [-0.3, -0.25) is 9.59 Å². The van der Waals surface area contributed by atoms with E-state index in [2.05, 4.69) is 15.6 Å². The standard InChI is InChI=1S/C24H18ClN3O3S/c25-18-11-5-6-12-19(18)27-24-28-23(30)21(32-24)14-16-8-4-7-13-20(16)31-15-22(29)26-17-9-2-1-3-10-17/h1-14H,15H2,(H,26,29)(H,27,28,30)/b21-14+. The van der Waals surface area contributed by atoms with E-state index in [1.54, 1.807) is 42.5 Å². The predicted octanol–water partition coefficient (Wildman–Crippen LogP) is 5.25. The third kappa shape index (κ3) is 5.57. The number of aliphatic imine (C=N–C) groups is 1. The zero-order valence-corrected chi connectivity index (χ0v) is 18.3. The van der Waals surface area contributed by atoms with Crippen molar-refractivity contribution in [3.8, 4) is 5.75 Å². The summed E-state index contributed by atoms with van der Waals surface area (Å²) < 4.78 is 5.71. The Morgan fingerprint density at radius 1 is 1.03 bits per heavy atom. The Labute approximate surface area is 194 Å². The summed E-state index contributed by atoms with van der Waals surface area (Å²) in [5.74, 6) is -0.0497. The van der Waals surface area contributed by atoms with E-state index in [-0.39, 0.29) is 18.4 Å². The number of hydrogen-bond acceptors (Lipinski definition) is 5. The largest absolute Gasteiger partial charge is 0.483 e. The van der Waals surface area contributed by atoms with Crippen LogP contribution in [-0.4, -0.2) is 23.6 Å². The number of ether oxygens (including phenoxy) is 1. The molecule has 4 rings (SSSR count). The van der Waals surface area contributed by atoms with E-state index in [1.165, 1.54) is 11.8 Å². The van der Waals surface area contributed by atoms with E-state index in [4.69, 9.17) is 16.3 Å². The number of nitrogens with one attached hydrogen (secondary N) is 2. The molecule has 2 amide bonds. The fourth-order valence-corrected chi connectivity index (χ4v) is 3.87. The minimum atomic E-state index is -0.277. The summed E-state index contributed by atoms with van der Waals surface area (Å²) in [5.41, 5.74) is 1.95. The van der Waals surface area contributed by atoms with Gasteiger partial charge in [0.25, 0.3) is 11.8 Å². The van der Waals surface area contributed by atoms with Crippen LogP contribution in [0.5, 0.6) is 5.75 Å². The normalized spacial score (nSPS) is 15.6. The number of hydrogen-bond donors (Lipinski definition) is 2. The molecule has 0 radical (unpaired) electrons. The van der Waals surface area contributed by atoms with Gasteiger partial charge in [0.15, 0.2) is 11.8 Å². The van der Waals surface area contributed by atoms with Gasteiger partial charge in [0.05, 0.1) is 15.6 Å². The molecule has 3 aromatic carbocycles. The average molecular weight is 464 g/mol. The third-order valence-electron chi connectivity index (χ3n) is 4.35. The zero-order valence-electron chi connectivity index (χ0n) is 16.7. The summed E-state index contributed by atoms with van der Waals surface area (Å²) in [6.45, 7) is -0.159. The van der Waals surface area contributed by atoms with Crippen molar-refractivity contribution in [1.29, 1.82) is 0 Å². The number of carbonyl (C=O) groups excluding carboxylic acids is 2. The highest BCUT2D eigenvalue weighted by Crippen LogP contribution is 2.32. The molecule has 0 spiro atoms. The minimum Gasteiger partial charge on any atom is -0.483 e. The van der Waals surface area contributed by atoms with Crippen LogP contribution < -0.4 is 15.4 Å². The molecular weight excluding hydrogens is 446 g/mol. The van der Waals surface area contributed by atoms with Crippen LogP contribution in [0.3, 0.4) is 0 Å². The van der Waals surface area contributed by atoms with Crippen LogP contribution in [0.15, 0.2) is 88.8 Å². The van der Waals surface area contributed by atoms with E-state index >= 15 is 0 Å². The lowest BCUT2D eigenvalue weighted by molar-refractivity contribution is -0.118. The second kappa shape index (κ2) is 10.2. The number of thioether (sulfide) groups is 1. The second-order valence-corrected chi connectivity index (χ2v) is 8.11. The molecule has 0 aliphatic carbocycles. The molecule has 1 saturated heterocycles. The van der Waals surface area contributed by atoms with Crippen molar-refractivity contribution in [3.05, 3.63) is 94.4 Å². The molecule has 0 aromatic heterocycles. The summed E-state index contributed by atoms with van der Waals surface area (Å²) in [6, 6.07) is 23.5. The lowest BCUT2D eigenvalue weighted by atomic mass is 10.2. The van der Waals surface area contributed by atoms with Gasteiger partial charge in [-0.25, -0.2) is 4.99 Å². The molecule has 0 saturated carbocycles. The molecule has 32 heavy (non-hydrogen) atoms. The molecule has 1 fully saturated rings. The Balaban J connectivity index is 1.46. The van der Waals surface area contributed by atoms with Crippen molar-refractivity contribution in [2.45, 2.75) is 0 Å². The van der Waals surface area contributed by atoms with Gasteiger partial charge in [-0.05, 0) is 48.2 Å². The van der Waals surface area contributed by atoms with Gasteiger partial charge in [0, 0.05) is 11.3 Å². The average Bonchev–Trinajstić information content (AvgIpc) is 3.14. The van der Waals surface area contributed by atoms with Crippen molar-refractivity contribution in [1.82, 2.24) is 5.32 Å². The molecule has 0 unspecified atom stereocenters. The van der Waals surface area contributed by atoms with Gasteiger partial charge < -0.3 is 15.4 Å². The van der Waals surface area contributed by atoms with E-state index in [0.29, 0.717) is 37.8 Å². The number of halogens is 1. The third-order valence-corrected chi connectivity index (χ3v) is 5.58. The topological polar surface area (TPSA) is 79.8 Å². The van der Waals surface area contributed by atoms with Crippen LogP contribution >= 0.6 is 23.4 Å². The zero-order chi connectivity index (χ0) is 22.3. The summed E-state index contributed by atoms with van der Waals surface area (Å²) in [4.78, 5) is 29.5. The number of amidine groups is 1. The van der Waals surface area contributed by atoms with Crippen LogP contribution in [0.2, 0.25) is 5.02 Å². The van der Waals surface area contributed by atoms with Crippen LogP contribution in [0.4, 0.5) is 11.4 Å². The van der Waals surface area contributed by atoms with E-state index in [0.717, 1.165) is 0 Å². The highest BCUT2D eigenvalue weighted by molar-refractivity contribution is 8.18. The van der Waals surface area contributed by atoms with Crippen LogP contribution in [0, 0.1) is 0 Å². The van der Waals surface area contributed by atoms with Crippen LogP contribution in [-0.2, 0) is 9.59 Å². The first-order valence-corrected chi connectivity index (χ1v) is 10.9. The SMILES string of the molecule is O=C(COc1ccccc1/C=C1/SC(=Nc2ccccc2Cl)NC1=O)Nc1ccccc1. The van der Waals surface area contributed by atoms with Crippen molar-refractivity contribution in [2.24, 2.45) is 4.99 Å². The highest BCUT2D eigenvalue weighted by Gasteiger charge is 2.24. The Morgan fingerprint density at radius 2 is 1.75 bits per heavy atom. The molecule has 8 heteroatoms. The van der Waals surface area contributed by atoms with Crippen LogP contribution in [0.1, 0.15) is 5.56 Å². The summed E-state index contributed by atoms with van der Waals surface area (Å²) in [7, 11) is 0. The maximum absolute atomic E-state index is 12.4. The van der Waals surface area contributed by atoms with Gasteiger partial charge in [-0.2, -0.15) is 0 Å². The highest BCUT2D eigenvalue weighted by atomic mass is 35.5. The number of rotatable bonds is 6. The van der Waals surface area contributed by atoms with Gasteiger partial charge >= 0.3 is 0 Å². The Kier molecular flexibility index (Phi) is 6.89. The summed E-state index contributed by atoms with van der Waals surface area (Å²) in [5, 5.41) is 6.45. The van der Waals surface area contributed by atoms with Crippen molar-refractivity contribution in [2.75, 3.05) is 11.9 Å². The first-order valence-electron chi connectivity index (χ1n) is 9.69. The molecule has 160 valence electrons. The van der Waals surface area contributed by atoms with Gasteiger partial charge in [0.1, 0.15) is 5.75 Å². The van der Waals surface area contributed by atoms with Gasteiger partial charge in [0.2, 0.25) is 0 Å². The van der Waals surface area contributed by atoms with Crippen molar-refractivity contribution < 1.29 is 14.3 Å². The Bertz CT molecular complexity index is 1210. The fourth-order valence-electron chi connectivity index (χ4n) is 2.87. The van der Waals surface area contributed by atoms with Crippen LogP contribution in [0.25, 0.3) is 6.08 Å². The predicted molar refractivity (Wildman–Crippen MR) is 129 cm³/mol. The lowest BCUT2D eigenvalue weighted by Gasteiger charge is -2.10. The summed E-state index contributed by atoms with van der Waals surface area (Å²) >= 11 is 7.35. The molecule has 6 nitrogen and oxygen atoms in total. The van der Waals surface area contributed by atoms with E-state index in [1.807, 2.05) is 42.5 Å². The molecule has 0 atom stereocenters. The lowest BCUT2D eigenvalue weighted by Crippen LogP contribution is -2.20. The van der Waals surface area contributed by atoms with Crippen molar-refractivity contribution >= 4 is 57.8 Å². The molecule has 3 aromatic rings. The number of carbonyl (C=O) groups is 2. The van der Waals surface area contributed by atoms with E-state index < -0.39 is 0 Å². The number of nitrogens with zero attached hydrogens (tertiary/aromatic N) is 1. The number of anilines is 1. The van der Waals surface area contributed by atoms with E-state index in [9.17, 15) is 9.59 Å². The van der Waals surface area contributed by atoms with Gasteiger partial charge in [-0.15, -0.1) is 0 Å². The molecule has 2 N–H and O–H groups in total. The fraction of sp³-hybridized carbons (Fsp3) is 0.0417. The second-order valence-electron chi connectivity index (χ2n) is 6.67.